The van der Waals surface area contributed by atoms with Gasteiger partial charge >= 0.3 is 0 Å². The van der Waals surface area contributed by atoms with Crippen LogP contribution in [-0.4, -0.2) is 34.2 Å². The smallest absolute Gasteiger partial charge is 0.226 e. The lowest BCUT2D eigenvalue weighted by Gasteiger charge is -2.26. The highest BCUT2D eigenvalue weighted by Gasteiger charge is 2.45. The number of hydrogen-bond acceptors (Lipinski definition) is 3. The van der Waals surface area contributed by atoms with E-state index >= 15 is 0 Å². The minimum absolute atomic E-state index is 0.0559. The maximum atomic E-state index is 12.1. The summed E-state index contributed by atoms with van der Waals surface area (Å²) in [6.45, 7) is 2.05. The van der Waals surface area contributed by atoms with Crippen molar-refractivity contribution in [1.82, 2.24) is 9.88 Å². The van der Waals surface area contributed by atoms with Gasteiger partial charge in [0.05, 0.1) is 6.54 Å². The predicted octanol–water partition coefficient (Wildman–Crippen LogP) is 1.58. The van der Waals surface area contributed by atoms with Crippen molar-refractivity contribution in [2.75, 3.05) is 6.54 Å². The van der Waals surface area contributed by atoms with Crippen molar-refractivity contribution in [3.63, 3.8) is 0 Å². The molecule has 2 aliphatic rings. The van der Waals surface area contributed by atoms with E-state index in [1.165, 1.54) is 0 Å². The quantitative estimate of drug-likeness (QED) is 0.759. The van der Waals surface area contributed by atoms with Gasteiger partial charge in [0, 0.05) is 17.7 Å². The van der Waals surface area contributed by atoms with Gasteiger partial charge in [0.2, 0.25) is 5.91 Å². The van der Waals surface area contributed by atoms with E-state index in [4.69, 9.17) is 0 Å². The van der Waals surface area contributed by atoms with E-state index in [1.807, 2.05) is 19.1 Å². The molecule has 0 N–H and O–H groups in total. The summed E-state index contributed by atoms with van der Waals surface area (Å²) in [4.78, 5) is 30.0. The Hall–Kier alpha value is -1.71. The maximum Gasteiger partial charge on any atom is 0.226 e. The van der Waals surface area contributed by atoms with Crippen LogP contribution in [0.1, 0.15) is 35.4 Å². The van der Waals surface area contributed by atoms with Crippen LogP contribution < -0.4 is 0 Å². The van der Waals surface area contributed by atoms with E-state index in [9.17, 15) is 9.59 Å². The second-order valence-corrected chi connectivity index (χ2v) is 5.22. The molecule has 1 aromatic heterocycles. The van der Waals surface area contributed by atoms with E-state index in [2.05, 4.69) is 4.98 Å². The highest BCUT2D eigenvalue weighted by molar-refractivity contribution is 5.98. The second-order valence-electron chi connectivity index (χ2n) is 5.22. The van der Waals surface area contributed by atoms with E-state index in [0.29, 0.717) is 5.69 Å². The molecule has 18 heavy (non-hydrogen) atoms. The average molecular weight is 244 g/mol. The Balaban J connectivity index is 1.74. The fraction of sp³-hybridized carbons (Fsp3) is 0.500. The van der Waals surface area contributed by atoms with Gasteiger partial charge in [-0.15, -0.1) is 0 Å². The van der Waals surface area contributed by atoms with E-state index in [-0.39, 0.29) is 30.2 Å². The summed E-state index contributed by atoms with van der Waals surface area (Å²) >= 11 is 0. The lowest BCUT2D eigenvalue weighted by Crippen LogP contribution is -2.40. The van der Waals surface area contributed by atoms with Gasteiger partial charge in [-0.25, -0.2) is 4.98 Å². The number of aryl methyl sites for hydroxylation is 1. The molecule has 0 spiro atoms. The fourth-order valence-electron chi connectivity index (χ4n) is 3.02. The molecule has 4 heteroatoms. The van der Waals surface area contributed by atoms with Gasteiger partial charge in [0.15, 0.2) is 5.78 Å². The SMILES string of the molecule is Cc1cccc(C(=O)CN2C(=O)[C@@H]3CC[C@H]2C3)n1. The third kappa shape index (κ3) is 1.82. The van der Waals surface area contributed by atoms with Gasteiger partial charge in [-0.2, -0.15) is 0 Å². The molecule has 2 heterocycles. The van der Waals surface area contributed by atoms with Crippen LogP contribution in [-0.2, 0) is 4.79 Å². The van der Waals surface area contributed by atoms with Gasteiger partial charge in [-0.05, 0) is 38.3 Å². The van der Waals surface area contributed by atoms with Crippen LogP contribution in [0.4, 0.5) is 0 Å². The minimum atomic E-state index is -0.0559. The summed E-state index contributed by atoms with van der Waals surface area (Å²) in [5, 5.41) is 0. The Bertz CT molecular complexity index is 512. The Morgan fingerprint density at radius 1 is 1.44 bits per heavy atom. The van der Waals surface area contributed by atoms with E-state index in [1.54, 1.807) is 11.0 Å². The largest absolute Gasteiger partial charge is 0.332 e. The van der Waals surface area contributed by atoms with Gasteiger partial charge in [-0.1, -0.05) is 6.07 Å². The molecule has 1 aromatic rings. The molecule has 94 valence electrons. The van der Waals surface area contributed by atoms with Crippen LogP contribution in [0.5, 0.6) is 0 Å². The molecule has 0 radical (unpaired) electrons. The van der Waals surface area contributed by atoms with E-state index < -0.39 is 0 Å². The molecule has 4 nitrogen and oxygen atoms in total. The monoisotopic (exact) mass is 244 g/mol. The zero-order valence-corrected chi connectivity index (χ0v) is 10.4. The van der Waals surface area contributed by atoms with Crippen molar-refractivity contribution < 1.29 is 9.59 Å². The molecule has 1 saturated carbocycles. The molecule has 3 rings (SSSR count). The van der Waals surface area contributed by atoms with Crippen molar-refractivity contribution in [3.05, 3.63) is 29.6 Å². The van der Waals surface area contributed by atoms with Gasteiger partial charge in [0.25, 0.3) is 0 Å². The molecule has 0 aromatic carbocycles. The fourth-order valence-corrected chi connectivity index (χ4v) is 3.02. The third-order valence-corrected chi connectivity index (χ3v) is 3.97. The van der Waals surface area contributed by atoms with Crippen LogP contribution in [0.15, 0.2) is 18.2 Å². The van der Waals surface area contributed by atoms with Gasteiger partial charge in [-0.3, -0.25) is 9.59 Å². The Labute approximate surface area is 106 Å². The lowest BCUT2D eigenvalue weighted by atomic mass is 10.1. The maximum absolute atomic E-state index is 12.1. The second kappa shape index (κ2) is 4.19. The predicted molar refractivity (Wildman–Crippen MR) is 66.1 cm³/mol. The zero-order chi connectivity index (χ0) is 12.7. The number of rotatable bonds is 3. The summed E-state index contributed by atoms with van der Waals surface area (Å²) in [6.07, 6.45) is 2.98. The van der Waals surface area contributed by atoms with Crippen LogP contribution in [0.2, 0.25) is 0 Å². The number of carbonyl (C=O) groups is 2. The number of aromatic nitrogens is 1. The Morgan fingerprint density at radius 3 is 2.94 bits per heavy atom. The number of nitrogens with zero attached hydrogens (tertiary/aromatic N) is 2. The number of pyridine rings is 1. The minimum Gasteiger partial charge on any atom is -0.332 e. The van der Waals surface area contributed by atoms with Crippen LogP contribution >= 0.6 is 0 Å². The van der Waals surface area contributed by atoms with Crippen LogP contribution in [0.3, 0.4) is 0 Å². The number of Topliss-reactive ketones (excluding diaryl/α,β-unsaturated/α-hetero) is 1. The number of hydrogen-bond donors (Lipinski definition) is 0. The number of likely N-dealkylation sites (tertiary alicyclic amines) is 1. The molecule has 1 aliphatic heterocycles. The summed E-state index contributed by atoms with van der Waals surface area (Å²) in [7, 11) is 0. The summed E-state index contributed by atoms with van der Waals surface area (Å²) in [6, 6.07) is 5.69. The standard InChI is InChI=1S/C14H16N2O2/c1-9-3-2-4-12(15-9)13(17)8-16-11-6-5-10(7-11)14(16)18/h2-4,10-11H,5-8H2,1H3/t10-,11+/m1/s1. The number of carbonyl (C=O) groups excluding carboxylic acids is 2. The Kier molecular flexibility index (Phi) is 2.65. The number of fused-ring (bicyclic) bond motifs is 2. The highest BCUT2D eigenvalue weighted by Crippen LogP contribution is 2.38. The van der Waals surface area contributed by atoms with Crippen molar-refractivity contribution in [2.24, 2.45) is 5.92 Å². The molecule has 2 fully saturated rings. The van der Waals surface area contributed by atoms with Gasteiger partial charge < -0.3 is 4.90 Å². The Morgan fingerprint density at radius 2 is 2.28 bits per heavy atom. The average Bonchev–Trinajstić information content (AvgIpc) is 2.93. The molecular weight excluding hydrogens is 228 g/mol. The van der Waals surface area contributed by atoms with Crippen LogP contribution in [0, 0.1) is 12.8 Å². The molecule has 2 bridgehead atoms. The van der Waals surface area contributed by atoms with Crippen molar-refractivity contribution in [2.45, 2.75) is 32.2 Å². The van der Waals surface area contributed by atoms with Crippen molar-refractivity contribution >= 4 is 11.7 Å². The summed E-state index contributed by atoms with van der Waals surface area (Å²) in [5.74, 6) is 0.278. The van der Waals surface area contributed by atoms with Crippen molar-refractivity contribution in [3.8, 4) is 0 Å². The van der Waals surface area contributed by atoms with Crippen LogP contribution in [0.25, 0.3) is 0 Å². The van der Waals surface area contributed by atoms with Gasteiger partial charge in [0.1, 0.15) is 5.69 Å². The molecule has 0 unspecified atom stereocenters. The number of ketones is 1. The number of amides is 1. The molecule has 1 saturated heterocycles. The topological polar surface area (TPSA) is 50.3 Å². The van der Waals surface area contributed by atoms with E-state index in [0.717, 1.165) is 25.0 Å². The third-order valence-electron chi connectivity index (χ3n) is 3.97. The summed E-state index contributed by atoms with van der Waals surface area (Å²) in [5.41, 5.74) is 1.29. The molecular formula is C14H16N2O2. The molecule has 1 aliphatic carbocycles. The first-order valence-corrected chi connectivity index (χ1v) is 6.42. The zero-order valence-electron chi connectivity index (χ0n) is 10.4. The first-order chi connectivity index (χ1) is 8.65. The first kappa shape index (κ1) is 11.4. The van der Waals surface area contributed by atoms with Crippen molar-refractivity contribution in [1.29, 1.82) is 0 Å². The first-order valence-electron chi connectivity index (χ1n) is 6.42. The number of piperidine rings is 1. The summed E-state index contributed by atoms with van der Waals surface area (Å²) < 4.78 is 0. The highest BCUT2D eigenvalue weighted by atomic mass is 16.2. The molecule has 1 amide bonds. The normalized spacial score (nSPS) is 25.8. The molecule has 2 atom stereocenters. The lowest BCUT2D eigenvalue weighted by molar-refractivity contribution is -0.133.